The summed E-state index contributed by atoms with van der Waals surface area (Å²) < 4.78 is 26.1. The lowest BCUT2D eigenvalue weighted by Crippen LogP contribution is -2.52. The second-order valence-electron chi connectivity index (χ2n) is 1.97. The molecule has 0 amide bonds. The Balaban J connectivity index is 3.90. The molecule has 0 saturated carbocycles. The molecule has 0 radical (unpaired) electrons. The first-order valence-electron chi connectivity index (χ1n) is 2.91. The number of nitrogens with zero attached hydrogens (tertiary/aromatic N) is 2. The minimum Gasteiger partial charge on any atom is -0.531 e. The third kappa shape index (κ3) is 3.11. The summed E-state index contributed by atoms with van der Waals surface area (Å²) in [5.74, 6) is 0. The van der Waals surface area contributed by atoms with E-state index in [-0.39, 0.29) is 6.54 Å². The summed E-state index contributed by atoms with van der Waals surface area (Å²) in [6, 6.07) is 0. The van der Waals surface area contributed by atoms with Gasteiger partial charge < -0.3 is 10.5 Å². The minimum absolute atomic E-state index is 0.264. The van der Waals surface area contributed by atoms with E-state index in [0.29, 0.717) is 6.54 Å². The second-order valence-corrected chi connectivity index (χ2v) is 3.85. The maximum Gasteiger partial charge on any atom is 0.136 e. The van der Waals surface area contributed by atoms with Crippen LogP contribution in [-0.4, -0.2) is 39.9 Å². The minimum atomic E-state index is -3.34. The topological polar surface area (TPSA) is 79.1 Å². The average molecular weight is 167 g/mol. The van der Waals surface area contributed by atoms with E-state index < -0.39 is 10.2 Å². The van der Waals surface area contributed by atoms with E-state index >= 15 is 0 Å². The molecule has 6 heteroatoms. The Morgan fingerprint density at radius 1 is 1.50 bits per heavy atom. The molecule has 0 aliphatic heterocycles. The molecule has 0 rings (SSSR count). The Labute approximate surface area is 61.4 Å². The average Bonchev–Trinajstić information content (AvgIpc) is 1.84. The van der Waals surface area contributed by atoms with Crippen molar-refractivity contribution in [3.63, 3.8) is 0 Å². The monoisotopic (exact) mass is 167 g/mol. The van der Waals surface area contributed by atoms with Crippen LogP contribution in [0.25, 0.3) is 4.72 Å². The standard InChI is InChI=1S/C4H12N3O2S/c1-7(2)10(8,9)6-4-3-5/h3-5H2,1-2H3/q-1/p+1. The molecule has 0 aliphatic carbocycles. The van der Waals surface area contributed by atoms with Crippen molar-refractivity contribution in [3.8, 4) is 0 Å². The summed E-state index contributed by atoms with van der Waals surface area (Å²) >= 11 is 0. The summed E-state index contributed by atoms with van der Waals surface area (Å²) in [7, 11) is -0.449. The van der Waals surface area contributed by atoms with Crippen molar-refractivity contribution >= 4 is 10.2 Å². The van der Waals surface area contributed by atoms with Gasteiger partial charge in [0.05, 0.1) is 6.54 Å². The van der Waals surface area contributed by atoms with Crippen molar-refractivity contribution in [2.24, 2.45) is 0 Å². The predicted molar refractivity (Wildman–Crippen MR) is 38.6 cm³/mol. The molecule has 0 aliphatic rings. The van der Waals surface area contributed by atoms with Crippen LogP contribution >= 0.6 is 0 Å². The van der Waals surface area contributed by atoms with Crippen LogP contribution in [0, 0.1) is 0 Å². The van der Waals surface area contributed by atoms with Crippen LogP contribution in [0.5, 0.6) is 0 Å². The first-order valence-corrected chi connectivity index (χ1v) is 4.31. The zero-order valence-corrected chi connectivity index (χ0v) is 7.06. The number of hydrogen-bond donors (Lipinski definition) is 1. The van der Waals surface area contributed by atoms with E-state index in [9.17, 15) is 8.42 Å². The van der Waals surface area contributed by atoms with Crippen molar-refractivity contribution in [3.05, 3.63) is 4.72 Å². The molecule has 0 saturated heterocycles. The Kier molecular flexibility index (Phi) is 3.80. The smallest absolute Gasteiger partial charge is 0.136 e. The summed E-state index contributed by atoms with van der Waals surface area (Å²) in [6.45, 7) is 0.771. The second kappa shape index (κ2) is 3.87. The molecule has 0 aromatic carbocycles. The van der Waals surface area contributed by atoms with E-state index in [1.54, 1.807) is 0 Å². The Hall–Kier alpha value is -0.170. The predicted octanol–water partition coefficient (Wildman–Crippen LogP) is -1.59. The lowest BCUT2D eigenvalue weighted by molar-refractivity contribution is -0.362. The van der Waals surface area contributed by atoms with Crippen molar-refractivity contribution in [2.75, 3.05) is 27.2 Å². The molecular weight excluding hydrogens is 154 g/mol. The molecule has 3 N–H and O–H groups in total. The van der Waals surface area contributed by atoms with Gasteiger partial charge in [-0.05, 0) is 0 Å². The number of rotatable bonds is 4. The first kappa shape index (κ1) is 9.83. The van der Waals surface area contributed by atoms with E-state index in [1.165, 1.54) is 14.1 Å². The fourth-order valence-electron chi connectivity index (χ4n) is 0.295. The van der Waals surface area contributed by atoms with Gasteiger partial charge in [0.2, 0.25) is 0 Å². The fraction of sp³-hybridized carbons (Fsp3) is 1.00. The Morgan fingerprint density at radius 2 is 2.00 bits per heavy atom. The molecule has 62 valence electrons. The third-order valence-corrected chi connectivity index (χ3v) is 2.31. The summed E-state index contributed by atoms with van der Waals surface area (Å²) in [5, 5.41) is 0. The highest BCUT2D eigenvalue weighted by Crippen LogP contribution is 2.01. The van der Waals surface area contributed by atoms with Crippen LogP contribution < -0.4 is 5.73 Å². The zero-order chi connectivity index (χ0) is 8.20. The summed E-state index contributed by atoms with van der Waals surface area (Å²) in [6.07, 6.45) is 0. The Bertz CT molecular complexity index is 175. The van der Waals surface area contributed by atoms with Gasteiger partial charge in [-0.15, -0.1) is 0 Å². The molecule has 0 aromatic heterocycles. The van der Waals surface area contributed by atoms with E-state index in [2.05, 4.69) is 10.5 Å². The van der Waals surface area contributed by atoms with Crippen molar-refractivity contribution < 1.29 is 14.2 Å². The SMILES string of the molecule is CN(C)S(=O)(=O)[N-]CC[NH3+]. The molecule has 0 fully saturated rings. The van der Waals surface area contributed by atoms with Crippen LogP contribution in [0.4, 0.5) is 0 Å². The van der Waals surface area contributed by atoms with Crippen molar-refractivity contribution in [1.82, 2.24) is 4.31 Å². The molecule has 0 heterocycles. The molecule has 10 heavy (non-hydrogen) atoms. The van der Waals surface area contributed by atoms with E-state index in [0.717, 1.165) is 4.31 Å². The van der Waals surface area contributed by atoms with Gasteiger partial charge in [0.15, 0.2) is 0 Å². The van der Waals surface area contributed by atoms with Gasteiger partial charge in [-0.2, -0.15) is 0 Å². The van der Waals surface area contributed by atoms with Gasteiger partial charge >= 0.3 is 0 Å². The van der Waals surface area contributed by atoms with Gasteiger partial charge in [-0.3, -0.25) is 0 Å². The van der Waals surface area contributed by atoms with E-state index in [1.807, 2.05) is 0 Å². The van der Waals surface area contributed by atoms with Crippen molar-refractivity contribution in [1.29, 1.82) is 0 Å². The molecule has 0 atom stereocenters. The zero-order valence-electron chi connectivity index (χ0n) is 6.24. The molecule has 0 spiro atoms. The largest absolute Gasteiger partial charge is 0.531 e. The lowest BCUT2D eigenvalue weighted by Gasteiger charge is -2.22. The fourth-order valence-corrected chi connectivity index (χ4v) is 0.886. The van der Waals surface area contributed by atoms with Crippen LogP contribution in [0.1, 0.15) is 0 Å². The maximum absolute atomic E-state index is 10.8. The van der Waals surface area contributed by atoms with Crippen LogP contribution in [0.3, 0.4) is 0 Å². The number of quaternary nitrogens is 1. The van der Waals surface area contributed by atoms with Crippen molar-refractivity contribution in [2.45, 2.75) is 0 Å². The summed E-state index contributed by atoms with van der Waals surface area (Å²) in [5.41, 5.74) is 3.47. The normalized spacial score (nSPS) is 12.4. The first-order chi connectivity index (χ1) is 4.50. The molecule has 0 bridgehead atoms. The highest BCUT2D eigenvalue weighted by molar-refractivity contribution is 7.91. The maximum atomic E-state index is 10.8. The highest BCUT2D eigenvalue weighted by atomic mass is 32.2. The number of hydrogen-bond acceptors (Lipinski definition) is 2. The van der Waals surface area contributed by atoms with E-state index in [4.69, 9.17) is 0 Å². The van der Waals surface area contributed by atoms with Crippen LogP contribution in [-0.2, 0) is 10.2 Å². The summed E-state index contributed by atoms with van der Waals surface area (Å²) in [4.78, 5) is 0. The quantitative estimate of drug-likeness (QED) is 0.547. The van der Waals surface area contributed by atoms with Gasteiger partial charge in [0.1, 0.15) is 10.2 Å². The molecule has 0 unspecified atom stereocenters. The van der Waals surface area contributed by atoms with Gasteiger partial charge in [-0.25, -0.2) is 12.7 Å². The van der Waals surface area contributed by atoms with Gasteiger partial charge in [0, 0.05) is 14.1 Å². The highest BCUT2D eigenvalue weighted by Gasteiger charge is 1.99. The molecular formula is C4H13N3O2S. The molecule has 5 nitrogen and oxygen atoms in total. The van der Waals surface area contributed by atoms with Gasteiger partial charge in [-0.1, -0.05) is 6.54 Å². The third-order valence-electron chi connectivity index (χ3n) is 0.874. The van der Waals surface area contributed by atoms with Gasteiger partial charge in [0.25, 0.3) is 0 Å². The Morgan fingerprint density at radius 3 is 2.30 bits per heavy atom. The lowest BCUT2D eigenvalue weighted by atomic mass is 10.7. The van der Waals surface area contributed by atoms with Crippen LogP contribution in [0.15, 0.2) is 0 Å². The molecule has 0 aromatic rings. The van der Waals surface area contributed by atoms with Crippen LogP contribution in [0.2, 0.25) is 0 Å².